The van der Waals surface area contributed by atoms with E-state index in [1.54, 1.807) is 6.07 Å². The molecular weight excluding hydrogens is 190 g/mol. The zero-order chi connectivity index (χ0) is 11.0. The second-order valence-electron chi connectivity index (χ2n) is 4.37. The quantitative estimate of drug-likeness (QED) is 0.703. The minimum absolute atomic E-state index is 0.213. The zero-order valence-electron chi connectivity index (χ0n) is 8.85. The molecule has 3 heteroatoms. The smallest absolute Gasteiger partial charge is 0.123 e. The number of aryl methyl sites for hydroxylation is 1. The molecule has 1 saturated carbocycles. The Morgan fingerprint density at radius 2 is 2.07 bits per heavy atom. The van der Waals surface area contributed by atoms with Gasteiger partial charge in [0.05, 0.1) is 12.1 Å². The molecule has 2 rings (SSSR count). The van der Waals surface area contributed by atoms with Crippen LogP contribution < -0.4 is 5.73 Å². The monoisotopic (exact) mass is 207 g/mol. The van der Waals surface area contributed by atoms with E-state index in [1.165, 1.54) is 0 Å². The van der Waals surface area contributed by atoms with Crippen LogP contribution in [0.25, 0.3) is 0 Å². The van der Waals surface area contributed by atoms with Crippen LogP contribution in [0.3, 0.4) is 0 Å². The Hall–Kier alpha value is -1.06. The van der Waals surface area contributed by atoms with Crippen molar-refractivity contribution in [3.05, 3.63) is 29.3 Å². The van der Waals surface area contributed by atoms with Gasteiger partial charge in [0.15, 0.2) is 0 Å². The fraction of sp³-hybridized carbons (Fsp3) is 0.500. The molecule has 1 aliphatic rings. The maximum atomic E-state index is 9.89. The first-order chi connectivity index (χ1) is 7.11. The van der Waals surface area contributed by atoms with Crippen LogP contribution in [-0.4, -0.2) is 16.3 Å². The van der Waals surface area contributed by atoms with Crippen LogP contribution in [0.1, 0.15) is 30.0 Å². The highest BCUT2D eigenvalue weighted by atomic mass is 16.3. The van der Waals surface area contributed by atoms with Crippen LogP contribution in [0.4, 0.5) is 0 Å². The van der Waals surface area contributed by atoms with E-state index in [0.29, 0.717) is 11.5 Å². The molecule has 1 aliphatic carbocycles. The highest BCUT2D eigenvalue weighted by Gasteiger charge is 2.35. The topological polar surface area (TPSA) is 66.5 Å². The summed E-state index contributed by atoms with van der Waals surface area (Å²) in [5.41, 5.74) is 7.38. The van der Waals surface area contributed by atoms with Gasteiger partial charge in [-0.25, -0.2) is 0 Å². The summed E-state index contributed by atoms with van der Waals surface area (Å²) in [6.07, 6.45) is 1.56. The van der Waals surface area contributed by atoms with E-state index >= 15 is 0 Å². The number of aliphatic hydroxyl groups is 1. The number of aromatic hydroxyl groups is 1. The van der Waals surface area contributed by atoms with Crippen molar-refractivity contribution in [3.8, 4) is 5.75 Å². The molecule has 2 atom stereocenters. The normalized spacial score (nSPS) is 19.9. The number of phenols is 1. The molecule has 0 saturated heterocycles. The lowest BCUT2D eigenvalue weighted by Crippen LogP contribution is -2.28. The molecule has 0 aromatic heterocycles. The Labute approximate surface area is 89.5 Å². The Kier molecular flexibility index (Phi) is 2.67. The number of rotatable bonds is 3. The molecule has 0 heterocycles. The van der Waals surface area contributed by atoms with Crippen molar-refractivity contribution in [2.75, 3.05) is 0 Å². The van der Waals surface area contributed by atoms with E-state index in [4.69, 9.17) is 5.73 Å². The standard InChI is InChI=1S/C12H17NO2/c1-7-3-2-4-9(11(7)14)10(13)12(15)8-5-6-8/h2-4,8,10,12,14-15H,5-6,13H2,1H3/t10-,12+/m0/s1. The Bertz CT molecular complexity index is 361. The summed E-state index contributed by atoms with van der Waals surface area (Å²) in [6, 6.07) is 4.98. The van der Waals surface area contributed by atoms with Gasteiger partial charge in [-0.15, -0.1) is 0 Å². The first-order valence-electron chi connectivity index (χ1n) is 5.33. The van der Waals surface area contributed by atoms with Gasteiger partial charge in [-0.2, -0.15) is 0 Å². The highest BCUT2D eigenvalue weighted by molar-refractivity contribution is 5.41. The molecule has 3 nitrogen and oxygen atoms in total. The molecule has 1 aromatic carbocycles. The van der Waals surface area contributed by atoms with Gasteiger partial charge in [-0.05, 0) is 31.2 Å². The van der Waals surface area contributed by atoms with Crippen LogP contribution in [0.5, 0.6) is 5.75 Å². The van der Waals surface area contributed by atoms with Gasteiger partial charge in [0.1, 0.15) is 5.75 Å². The minimum atomic E-state index is -0.530. The van der Waals surface area contributed by atoms with Crippen molar-refractivity contribution in [1.29, 1.82) is 0 Å². The lowest BCUT2D eigenvalue weighted by Gasteiger charge is -2.20. The molecule has 15 heavy (non-hydrogen) atoms. The maximum Gasteiger partial charge on any atom is 0.123 e. The average molecular weight is 207 g/mol. The molecule has 1 fully saturated rings. The number of benzene rings is 1. The average Bonchev–Trinajstić information content (AvgIpc) is 3.03. The van der Waals surface area contributed by atoms with Crippen molar-refractivity contribution in [3.63, 3.8) is 0 Å². The lowest BCUT2D eigenvalue weighted by molar-refractivity contribution is 0.121. The van der Waals surface area contributed by atoms with Crippen LogP contribution in [0, 0.1) is 12.8 Å². The summed E-state index contributed by atoms with van der Waals surface area (Å²) in [6.45, 7) is 1.83. The number of nitrogens with two attached hydrogens (primary N) is 1. The van der Waals surface area contributed by atoms with E-state index in [9.17, 15) is 10.2 Å². The first-order valence-corrected chi connectivity index (χ1v) is 5.33. The van der Waals surface area contributed by atoms with Gasteiger partial charge in [0, 0.05) is 5.56 Å². The molecule has 4 N–H and O–H groups in total. The van der Waals surface area contributed by atoms with E-state index in [-0.39, 0.29) is 5.75 Å². The number of aliphatic hydroxyl groups excluding tert-OH is 1. The summed E-state index contributed by atoms with van der Waals surface area (Å²) in [5, 5.41) is 19.7. The second-order valence-corrected chi connectivity index (χ2v) is 4.37. The zero-order valence-corrected chi connectivity index (χ0v) is 8.85. The molecule has 0 bridgehead atoms. The summed E-state index contributed by atoms with van der Waals surface area (Å²) in [7, 11) is 0. The van der Waals surface area contributed by atoms with Crippen molar-refractivity contribution >= 4 is 0 Å². The number of phenolic OH excluding ortho intramolecular Hbond substituents is 1. The van der Waals surface area contributed by atoms with Gasteiger partial charge in [0.2, 0.25) is 0 Å². The van der Waals surface area contributed by atoms with Crippen molar-refractivity contribution in [2.45, 2.75) is 31.9 Å². The van der Waals surface area contributed by atoms with E-state index in [2.05, 4.69) is 0 Å². The van der Waals surface area contributed by atoms with E-state index in [0.717, 1.165) is 18.4 Å². The summed E-state index contributed by atoms with van der Waals surface area (Å²) >= 11 is 0. The molecule has 0 amide bonds. The molecule has 0 aliphatic heterocycles. The third kappa shape index (κ3) is 1.98. The van der Waals surface area contributed by atoms with Crippen LogP contribution in [-0.2, 0) is 0 Å². The Morgan fingerprint density at radius 3 is 2.67 bits per heavy atom. The second kappa shape index (κ2) is 3.83. The van der Waals surface area contributed by atoms with E-state index < -0.39 is 12.1 Å². The fourth-order valence-corrected chi connectivity index (χ4v) is 1.87. The van der Waals surface area contributed by atoms with Crippen molar-refractivity contribution < 1.29 is 10.2 Å². The summed E-state index contributed by atoms with van der Waals surface area (Å²) < 4.78 is 0. The van der Waals surface area contributed by atoms with Gasteiger partial charge in [-0.1, -0.05) is 18.2 Å². The highest BCUT2D eigenvalue weighted by Crippen LogP contribution is 2.39. The van der Waals surface area contributed by atoms with Crippen LogP contribution >= 0.6 is 0 Å². The third-order valence-corrected chi connectivity index (χ3v) is 3.10. The van der Waals surface area contributed by atoms with Crippen LogP contribution in [0.2, 0.25) is 0 Å². The molecule has 0 unspecified atom stereocenters. The predicted octanol–water partition coefficient (Wildman–Crippen LogP) is 1.47. The fourth-order valence-electron chi connectivity index (χ4n) is 1.87. The number of hydrogen-bond donors (Lipinski definition) is 3. The van der Waals surface area contributed by atoms with E-state index in [1.807, 2.05) is 19.1 Å². The molecule has 0 spiro atoms. The summed E-state index contributed by atoms with van der Waals surface area (Å²) in [5.74, 6) is 0.532. The number of para-hydroxylation sites is 1. The third-order valence-electron chi connectivity index (χ3n) is 3.10. The minimum Gasteiger partial charge on any atom is -0.507 e. The van der Waals surface area contributed by atoms with Crippen molar-refractivity contribution in [1.82, 2.24) is 0 Å². The summed E-state index contributed by atoms with van der Waals surface area (Å²) in [4.78, 5) is 0. The molecule has 1 aromatic rings. The van der Waals surface area contributed by atoms with Gasteiger partial charge < -0.3 is 15.9 Å². The largest absolute Gasteiger partial charge is 0.507 e. The molecular formula is C12H17NO2. The van der Waals surface area contributed by atoms with Crippen molar-refractivity contribution in [2.24, 2.45) is 11.7 Å². The van der Waals surface area contributed by atoms with Gasteiger partial charge in [0.25, 0.3) is 0 Å². The van der Waals surface area contributed by atoms with Gasteiger partial charge in [-0.3, -0.25) is 0 Å². The van der Waals surface area contributed by atoms with Crippen LogP contribution in [0.15, 0.2) is 18.2 Å². The Morgan fingerprint density at radius 1 is 1.40 bits per heavy atom. The lowest BCUT2D eigenvalue weighted by atomic mass is 9.96. The molecule has 82 valence electrons. The Balaban J connectivity index is 2.24. The SMILES string of the molecule is Cc1cccc([C@H](N)[C@H](O)C2CC2)c1O. The maximum absolute atomic E-state index is 9.89. The predicted molar refractivity (Wildman–Crippen MR) is 58.5 cm³/mol. The van der Waals surface area contributed by atoms with Gasteiger partial charge >= 0.3 is 0 Å². The first kappa shape index (κ1) is 10.5. The molecule has 0 radical (unpaired) electrons. The number of hydrogen-bond acceptors (Lipinski definition) is 3.